The van der Waals surface area contributed by atoms with Crippen molar-refractivity contribution in [1.82, 2.24) is 0 Å². The Morgan fingerprint density at radius 3 is 2.88 bits per heavy atom. The number of aliphatic carboxylic acids is 1. The molecule has 1 aromatic carbocycles. The predicted octanol–water partition coefficient (Wildman–Crippen LogP) is 3.48. The highest BCUT2D eigenvalue weighted by atomic mass is 32.2. The van der Waals surface area contributed by atoms with Crippen molar-refractivity contribution in [2.24, 2.45) is 0 Å². The van der Waals surface area contributed by atoms with E-state index in [9.17, 15) is 4.79 Å². The van der Waals surface area contributed by atoms with Gasteiger partial charge in [0.2, 0.25) is 0 Å². The third-order valence-electron chi connectivity index (χ3n) is 3.28. The van der Waals surface area contributed by atoms with Gasteiger partial charge in [-0.15, -0.1) is 11.8 Å². The maximum atomic E-state index is 10.9. The molecule has 1 heterocycles. The second-order valence-electron chi connectivity index (χ2n) is 5.37. The Labute approximate surface area is 106 Å². The number of hydrogen-bond acceptors (Lipinski definition) is 2. The minimum Gasteiger partial charge on any atom is -0.481 e. The second-order valence-corrected chi connectivity index (χ2v) is 6.85. The smallest absolute Gasteiger partial charge is 0.304 e. The number of rotatable bonds is 3. The third kappa shape index (κ3) is 2.49. The van der Waals surface area contributed by atoms with Crippen LogP contribution in [0.15, 0.2) is 23.1 Å². The van der Waals surface area contributed by atoms with E-state index in [0.29, 0.717) is 5.25 Å². The highest BCUT2D eigenvalue weighted by molar-refractivity contribution is 8.00. The van der Waals surface area contributed by atoms with Crippen LogP contribution < -0.4 is 0 Å². The second kappa shape index (κ2) is 4.37. The zero-order chi connectivity index (χ0) is 12.6. The summed E-state index contributed by atoms with van der Waals surface area (Å²) < 4.78 is 0. The number of benzene rings is 1. The molecular formula is C14H18O2S. The molecule has 0 amide bonds. The summed E-state index contributed by atoms with van der Waals surface area (Å²) in [5.41, 5.74) is 2.27. The zero-order valence-electron chi connectivity index (χ0n) is 10.5. The molecule has 1 aromatic rings. The fourth-order valence-electron chi connectivity index (χ4n) is 2.54. The molecule has 1 aliphatic rings. The Bertz CT molecular complexity index is 452. The molecule has 3 heteroatoms. The summed E-state index contributed by atoms with van der Waals surface area (Å²) >= 11 is 1.89. The third-order valence-corrected chi connectivity index (χ3v) is 4.48. The molecule has 0 aliphatic carbocycles. The molecule has 2 nitrogen and oxygen atoms in total. The lowest BCUT2D eigenvalue weighted by atomic mass is 9.78. The summed E-state index contributed by atoms with van der Waals surface area (Å²) in [4.78, 5) is 12.3. The maximum Gasteiger partial charge on any atom is 0.304 e. The molecule has 1 aliphatic heterocycles. The van der Waals surface area contributed by atoms with Gasteiger partial charge in [0.25, 0.3) is 0 Å². The molecule has 0 bridgehead atoms. The molecule has 0 radical (unpaired) electrons. The normalized spacial score (nSPS) is 19.1. The molecule has 0 aromatic heterocycles. The summed E-state index contributed by atoms with van der Waals surface area (Å²) in [6.07, 6.45) is 1.24. The van der Waals surface area contributed by atoms with Crippen molar-refractivity contribution in [2.75, 3.05) is 0 Å². The van der Waals surface area contributed by atoms with Crippen molar-refractivity contribution in [2.45, 2.75) is 49.2 Å². The summed E-state index contributed by atoms with van der Waals surface area (Å²) in [5.74, 6) is -0.730. The van der Waals surface area contributed by atoms with Crippen molar-refractivity contribution >= 4 is 17.7 Å². The minimum atomic E-state index is -0.730. The molecule has 17 heavy (non-hydrogen) atoms. The first-order valence-corrected chi connectivity index (χ1v) is 6.79. The van der Waals surface area contributed by atoms with E-state index in [0.717, 1.165) is 6.42 Å². The van der Waals surface area contributed by atoms with Gasteiger partial charge in [-0.25, -0.2) is 0 Å². The molecule has 0 saturated heterocycles. The molecule has 1 N–H and O–H groups in total. The van der Waals surface area contributed by atoms with Crippen LogP contribution in [0.4, 0.5) is 0 Å². The SMILES string of the molecule is CC1Cc2c(cccc2C(C)(C)CC(=O)O)S1. The van der Waals surface area contributed by atoms with E-state index >= 15 is 0 Å². The molecule has 0 saturated carbocycles. The van der Waals surface area contributed by atoms with Crippen LogP contribution in [0, 0.1) is 0 Å². The molecule has 1 atom stereocenters. The Morgan fingerprint density at radius 1 is 1.53 bits per heavy atom. The molecular weight excluding hydrogens is 232 g/mol. The van der Waals surface area contributed by atoms with Gasteiger partial charge < -0.3 is 5.11 Å². The standard InChI is InChI=1S/C14H18O2S/c1-9-7-10-11(5-4-6-12(10)17-9)14(2,3)8-13(15)16/h4-6,9H,7-8H2,1-3H3,(H,15,16). The Kier molecular flexibility index (Phi) is 3.21. The van der Waals surface area contributed by atoms with Crippen LogP contribution in [0.3, 0.4) is 0 Å². The van der Waals surface area contributed by atoms with Gasteiger partial charge in [-0.3, -0.25) is 4.79 Å². The van der Waals surface area contributed by atoms with Gasteiger partial charge in [0.1, 0.15) is 0 Å². The van der Waals surface area contributed by atoms with E-state index in [-0.39, 0.29) is 11.8 Å². The summed E-state index contributed by atoms with van der Waals surface area (Å²) in [6, 6.07) is 6.27. The minimum absolute atomic E-state index is 0.183. The van der Waals surface area contributed by atoms with Gasteiger partial charge in [-0.2, -0.15) is 0 Å². The van der Waals surface area contributed by atoms with Crippen molar-refractivity contribution in [3.05, 3.63) is 29.3 Å². The number of carbonyl (C=O) groups is 1. The highest BCUT2D eigenvalue weighted by Gasteiger charge is 2.30. The lowest BCUT2D eigenvalue weighted by Gasteiger charge is -2.25. The van der Waals surface area contributed by atoms with E-state index in [4.69, 9.17) is 5.11 Å². The Balaban J connectivity index is 2.40. The number of carboxylic acid groups (broad SMARTS) is 1. The van der Waals surface area contributed by atoms with Gasteiger partial charge in [-0.1, -0.05) is 32.9 Å². The molecule has 1 unspecified atom stereocenters. The first kappa shape index (κ1) is 12.5. The molecule has 2 rings (SSSR count). The van der Waals surface area contributed by atoms with E-state index in [2.05, 4.69) is 19.1 Å². The van der Waals surface area contributed by atoms with Crippen LogP contribution in [-0.4, -0.2) is 16.3 Å². The predicted molar refractivity (Wildman–Crippen MR) is 70.7 cm³/mol. The van der Waals surface area contributed by atoms with Crippen LogP contribution in [0.2, 0.25) is 0 Å². The fraction of sp³-hybridized carbons (Fsp3) is 0.500. The van der Waals surface area contributed by atoms with Gasteiger partial charge in [0.05, 0.1) is 6.42 Å². The number of thioether (sulfide) groups is 1. The summed E-state index contributed by atoms with van der Waals surface area (Å²) in [6.45, 7) is 6.26. The van der Waals surface area contributed by atoms with E-state index in [1.807, 2.05) is 31.7 Å². The Hall–Kier alpha value is -0.960. The van der Waals surface area contributed by atoms with Crippen molar-refractivity contribution in [1.29, 1.82) is 0 Å². The maximum absolute atomic E-state index is 10.9. The van der Waals surface area contributed by atoms with E-state index in [1.165, 1.54) is 16.0 Å². The van der Waals surface area contributed by atoms with Crippen LogP contribution in [0.25, 0.3) is 0 Å². The van der Waals surface area contributed by atoms with Crippen LogP contribution >= 0.6 is 11.8 Å². The molecule has 92 valence electrons. The van der Waals surface area contributed by atoms with Crippen molar-refractivity contribution in [3.63, 3.8) is 0 Å². The largest absolute Gasteiger partial charge is 0.481 e. The molecule has 0 fully saturated rings. The highest BCUT2D eigenvalue weighted by Crippen LogP contribution is 2.42. The van der Waals surface area contributed by atoms with Crippen LogP contribution in [0.5, 0.6) is 0 Å². The quantitative estimate of drug-likeness (QED) is 0.892. The lowest BCUT2D eigenvalue weighted by Crippen LogP contribution is -2.23. The van der Waals surface area contributed by atoms with Gasteiger partial charge in [-0.05, 0) is 23.6 Å². The van der Waals surface area contributed by atoms with E-state index in [1.54, 1.807) is 0 Å². The summed E-state index contributed by atoms with van der Waals surface area (Å²) in [5, 5.41) is 9.61. The Morgan fingerprint density at radius 2 is 2.24 bits per heavy atom. The number of fused-ring (bicyclic) bond motifs is 1. The van der Waals surface area contributed by atoms with Gasteiger partial charge in [0, 0.05) is 15.6 Å². The van der Waals surface area contributed by atoms with Crippen LogP contribution in [-0.2, 0) is 16.6 Å². The molecule has 0 spiro atoms. The van der Waals surface area contributed by atoms with Crippen molar-refractivity contribution < 1.29 is 9.90 Å². The van der Waals surface area contributed by atoms with Crippen molar-refractivity contribution in [3.8, 4) is 0 Å². The first-order chi connectivity index (χ1) is 7.90. The summed E-state index contributed by atoms with van der Waals surface area (Å²) in [7, 11) is 0. The number of hydrogen-bond donors (Lipinski definition) is 1. The zero-order valence-corrected chi connectivity index (χ0v) is 11.3. The average Bonchev–Trinajstić information content (AvgIpc) is 2.54. The number of carboxylic acids is 1. The lowest BCUT2D eigenvalue weighted by molar-refractivity contribution is -0.138. The average molecular weight is 250 g/mol. The van der Waals surface area contributed by atoms with Gasteiger partial charge >= 0.3 is 5.97 Å². The van der Waals surface area contributed by atoms with Gasteiger partial charge in [0.15, 0.2) is 0 Å². The topological polar surface area (TPSA) is 37.3 Å². The van der Waals surface area contributed by atoms with E-state index < -0.39 is 5.97 Å². The van der Waals surface area contributed by atoms with Crippen LogP contribution in [0.1, 0.15) is 38.3 Å². The monoisotopic (exact) mass is 250 g/mol. The first-order valence-electron chi connectivity index (χ1n) is 5.91. The fourth-order valence-corrected chi connectivity index (χ4v) is 3.72.